The number of aromatic nitrogens is 1. The predicted molar refractivity (Wildman–Crippen MR) is 60.1 cm³/mol. The van der Waals surface area contributed by atoms with Crippen LogP contribution in [0.5, 0.6) is 0 Å². The second-order valence-electron chi connectivity index (χ2n) is 3.90. The van der Waals surface area contributed by atoms with Crippen molar-refractivity contribution in [2.24, 2.45) is 5.92 Å². The van der Waals surface area contributed by atoms with Crippen LogP contribution in [0.25, 0.3) is 0 Å². The van der Waals surface area contributed by atoms with E-state index in [1.807, 2.05) is 18.3 Å². The van der Waals surface area contributed by atoms with Gasteiger partial charge < -0.3 is 5.32 Å². The van der Waals surface area contributed by atoms with E-state index in [0.717, 1.165) is 18.2 Å². The molecule has 0 radical (unpaired) electrons. The van der Waals surface area contributed by atoms with Crippen LogP contribution in [-0.4, -0.2) is 11.5 Å². The average Bonchev–Trinajstić information content (AvgIpc) is 2.26. The lowest BCUT2D eigenvalue weighted by Gasteiger charge is -2.16. The molecule has 0 aromatic carbocycles. The molecule has 1 heterocycles. The van der Waals surface area contributed by atoms with Crippen molar-refractivity contribution < 1.29 is 0 Å². The Hall–Kier alpha value is -0.890. The molecule has 0 bridgehead atoms. The van der Waals surface area contributed by atoms with E-state index in [1.54, 1.807) is 0 Å². The fourth-order valence-electron chi connectivity index (χ4n) is 1.26. The van der Waals surface area contributed by atoms with Gasteiger partial charge in [0, 0.05) is 12.2 Å². The Kier molecular flexibility index (Phi) is 4.60. The third kappa shape index (κ3) is 3.46. The highest BCUT2D eigenvalue weighted by molar-refractivity contribution is 5.07. The lowest BCUT2D eigenvalue weighted by atomic mass is 10.1. The zero-order valence-corrected chi connectivity index (χ0v) is 9.33. The maximum atomic E-state index is 4.32. The second kappa shape index (κ2) is 5.76. The maximum Gasteiger partial charge on any atom is 0.0570 e. The van der Waals surface area contributed by atoms with Gasteiger partial charge in [0.2, 0.25) is 0 Å². The summed E-state index contributed by atoms with van der Waals surface area (Å²) in [5.74, 6) is 0.737. The lowest BCUT2D eigenvalue weighted by molar-refractivity contribution is 0.456. The Morgan fingerprint density at radius 1 is 1.36 bits per heavy atom. The maximum absolute atomic E-state index is 4.32. The first-order chi connectivity index (χ1) is 6.74. The van der Waals surface area contributed by atoms with Crippen molar-refractivity contribution in [3.05, 3.63) is 30.1 Å². The van der Waals surface area contributed by atoms with Gasteiger partial charge in [-0.15, -0.1) is 0 Å². The predicted octanol–water partition coefficient (Wildman–Crippen LogP) is 2.78. The van der Waals surface area contributed by atoms with Gasteiger partial charge in [0.15, 0.2) is 0 Å². The molecule has 0 spiro atoms. The van der Waals surface area contributed by atoms with E-state index in [-0.39, 0.29) is 0 Å². The van der Waals surface area contributed by atoms with Crippen LogP contribution in [0.3, 0.4) is 0 Å². The van der Waals surface area contributed by atoms with E-state index < -0.39 is 0 Å². The summed E-state index contributed by atoms with van der Waals surface area (Å²) < 4.78 is 0. The van der Waals surface area contributed by atoms with Gasteiger partial charge in [0.25, 0.3) is 0 Å². The molecule has 2 nitrogen and oxygen atoms in total. The molecule has 78 valence electrons. The molecule has 0 amide bonds. The fraction of sp³-hybridized carbons (Fsp3) is 0.583. The summed E-state index contributed by atoms with van der Waals surface area (Å²) >= 11 is 0. The first-order valence-corrected chi connectivity index (χ1v) is 5.38. The molecule has 2 atom stereocenters. The van der Waals surface area contributed by atoms with Gasteiger partial charge in [-0.25, -0.2) is 0 Å². The van der Waals surface area contributed by atoms with Crippen molar-refractivity contribution in [3.63, 3.8) is 0 Å². The molecule has 0 aliphatic carbocycles. The zero-order valence-electron chi connectivity index (χ0n) is 9.33. The summed E-state index contributed by atoms with van der Waals surface area (Å²) in [4.78, 5) is 4.32. The zero-order chi connectivity index (χ0) is 10.4. The molecule has 2 unspecified atom stereocenters. The molecule has 1 aromatic rings. The number of pyridine rings is 1. The highest BCUT2D eigenvalue weighted by Gasteiger charge is 2.06. The number of nitrogens with zero attached hydrogens (tertiary/aromatic N) is 1. The minimum absolute atomic E-state index is 0.352. The van der Waals surface area contributed by atoms with Crippen molar-refractivity contribution in [1.82, 2.24) is 10.3 Å². The van der Waals surface area contributed by atoms with E-state index in [2.05, 4.69) is 37.1 Å². The normalized spacial score (nSPS) is 15.1. The van der Waals surface area contributed by atoms with E-state index in [4.69, 9.17) is 0 Å². The van der Waals surface area contributed by atoms with Crippen LogP contribution in [0.15, 0.2) is 24.4 Å². The van der Waals surface area contributed by atoms with E-state index in [1.165, 1.54) is 6.42 Å². The van der Waals surface area contributed by atoms with Crippen LogP contribution < -0.4 is 5.32 Å². The topological polar surface area (TPSA) is 24.9 Å². The number of rotatable bonds is 5. The summed E-state index contributed by atoms with van der Waals surface area (Å²) in [6, 6.07) is 6.40. The van der Waals surface area contributed by atoms with Gasteiger partial charge in [-0.1, -0.05) is 26.3 Å². The SMILES string of the molecule is CCC(C)CNC(C)c1ccccn1. The number of hydrogen-bond acceptors (Lipinski definition) is 2. The standard InChI is InChI=1S/C12H20N2/c1-4-10(2)9-14-11(3)12-7-5-6-8-13-12/h5-8,10-11,14H,4,9H2,1-3H3. The summed E-state index contributed by atoms with van der Waals surface area (Å²) in [5, 5.41) is 3.49. The molecule has 0 saturated carbocycles. The molecular weight excluding hydrogens is 172 g/mol. The van der Waals surface area contributed by atoms with E-state index in [0.29, 0.717) is 6.04 Å². The number of hydrogen-bond donors (Lipinski definition) is 1. The van der Waals surface area contributed by atoms with Crippen LogP contribution in [0, 0.1) is 5.92 Å². The van der Waals surface area contributed by atoms with Crippen molar-refractivity contribution in [2.45, 2.75) is 33.2 Å². The minimum atomic E-state index is 0.352. The Bertz CT molecular complexity index is 246. The Labute approximate surface area is 86.8 Å². The monoisotopic (exact) mass is 192 g/mol. The van der Waals surface area contributed by atoms with E-state index in [9.17, 15) is 0 Å². The molecule has 1 aromatic heterocycles. The van der Waals surface area contributed by atoms with Crippen LogP contribution >= 0.6 is 0 Å². The van der Waals surface area contributed by atoms with Gasteiger partial charge in [-0.05, 0) is 31.5 Å². The smallest absolute Gasteiger partial charge is 0.0570 e. The van der Waals surface area contributed by atoms with Gasteiger partial charge in [-0.2, -0.15) is 0 Å². The Morgan fingerprint density at radius 2 is 2.14 bits per heavy atom. The lowest BCUT2D eigenvalue weighted by Crippen LogP contribution is -2.24. The highest BCUT2D eigenvalue weighted by Crippen LogP contribution is 2.09. The van der Waals surface area contributed by atoms with Crippen LogP contribution in [0.2, 0.25) is 0 Å². The van der Waals surface area contributed by atoms with Crippen molar-refractivity contribution in [2.75, 3.05) is 6.54 Å². The van der Waals surface area contributed by atoms with E-state index >= 15 is 0 Å². The minimum Gasteiger partial charge on any atom is -0.309 e. The number of nitrogens with one attached hydrogen (secondary N) is 1. The molecule has 0 aliphatic rings. The molecule has 2 heteroatoms. The molecule has 0 aliphatic heterocycles. The molecule has 1 N–H and O–H groups in total. The Balaban J connectivity index is 2.39. The van der Waals surface area contributed by atoms with Gasteiger partial charge in [0.1, 0.15) is 0 Å². The molecular formula is C12H20N2. The fourth-order valence-corrected chi connectivity index (χ4v) is 1.26. The van der Waals surface area contributed by atoms with Crippen molar-refractivity contribution in [3.8, 4) is 0 Å². The summed E-state index contributed by atoms with van der Waals surface area (Å²) in [6.45, 7) is 7.70. The van der Waals surface area contributed by atoms with Crippen LogP contribution in [-0.2, 0) is 0 Å². The van der Waals surface area contributed by atoms with Crippen molar-refractivity contribution in [1.29, 1.82) is 0 Å². The molecule has 0 saturated heterocycles. The molecule has 1 rings (SSSR count). The Morgan fingerprint density at radius 3 is 2.71 bits per heavy atom. The van der Waals surface area contributed by atoms with Gasteiger partial charge in [-0.3, -0.25) is 4.98 Å². The third-order valence-corrected chi connectivity index (χ3v) is 2.60. The first-order valence-electron chi connectivity index (χ1n) is 5.38. The average molecular weight is 192 g/mol. The van der Waals surface area contributed by atoms with Gasteiger partial charge in [0.05, 0.1) is 5.69 Å². The first kappa shape index (κ1) is 11.2. The highest BCUT2D eigenvalue weighted by atomic mass is 14.9. The van der Waals surface area contributed by atoms with Gasteiger partial charge >= 0.3 is 0 Å². The molecule has 0 fully saturated rings. The third-order valence-electron chi connectivity index (χ3n) is 2.60. The van der Waals surface area contributed by atoms with Crippen molar-refractivity contribution >= 4 is 0 Å². The second-order valence-corrected chi connectivity index (χ2v) is 3.90. The summed E-state index contributed by atoms with van der Waals surface area (Å²) in [7, 11) is 0. The largest absolute Gasteiger partial charge is 0.309 e. The molecule has 14 heavy (non-hydrogen) atoms. The van der Waals surface area contributed by atoms with Crippen LogP contribution in [0.1, 0.15) is 38.9 Å². The summed E-state index contributed by atoms with van der Waals surface area (Å²) in [6.07, 6.45) is 3.07. The summed E-state index contributed by atoms with van der Waals surface area (Å²) in [5.41, 5.74) is 1.12. The quantitative estimate of drug-likeness (QED) is 0.776. The van der Waals surface area contributed by atoms with Crippen LogP contribution in [0.4, 0.5) is 0 Å².